The Morgan fingerprint density at radius 1 is 1.36 bits per heavy atom. The van der Waals surface area contributed by atoms with Crippen molar-refractivity contribution in [2.75, 3.05) is 0 Å². The largest absolute Gasteiger partial charge is 0.265 e. The molecule has 1 atom stereocenters. The van der Waals surface area contributed by atoms with Gasteiger partial charge in [0.25, 0.3) is 0 Å². The van der Waals surface area contributed by atoms with Gasteiger partial charge in [-0.25, -0.2) is 4.98 Å². The van der Waals surface area contributed by atoms with E-state index >= 15 is 0 Å². The molecule has 2 rings (SSSR count). The normalized spacial score (nSPS) is 12.7. The van der Waals surface area contributed by atoms with Crippen molar-refractivity contribution in [2.24, 2.45) is 0 Å². The van der Waals surface area contributed by atoms with E-state index in [1.165, 1.54) is 0 Å². The van der Waals surface area contributed by atoms with E-state index in [-0.39, 0.29) is 5.38 Å². The second kappa shape index (κ2) is 3.75. The summed E-state index contributed by atoms with van der Waals surface area (Å²) in [6.07, 6.45) is 3.41. The summed E-state index contributed by atoms with van der Waals surface area (Å²) in [6.45, 7) is 1.85. The average molecular weight is 209 g/mol. The molecule has 72 valence electrons. The highest BCUT2D eigenvalue weighted by molar-refractivity contribution is 6.20. The van der Waals surface area contributed by atoms with Crippen molar-refractivity contribution in [3.05, 3.63) is 30.4 Å². The molecule has 2 aromatic rings. The lowest BCUT2D eigenvalue weighted by Crippen LogP contribution is -1.86. The number of nitrogens with zero attached hydrogens (tertiary/aromatic N) is 3. The summed E-state index contributed by atoms with van der Waals surface area (Å²) in [5.41, 5.74) is 0.930. The van der Waals surface area contributed by atoms with Crippen LogP contribution in [0.4, 0.5) is 0 Å². The quantitative estimate of drug-likeness (QED) is 0.770. The van der Waals surface area contributed by atoms with Gasteiger partial charge in [-0.05, 0) is 19.1 Å². The lowest BCUT2D eigenvalue weighted by atomic mass is 10.2. The number of pyridine rings is 1. The molecule has 14 heavy (non-hydrogen) atoms. The van der Waals surface area contributed by atoms with Crippen molar-refractivity contribution < 1.29 is 0 Å². The predicted molar refractivity (Wildman–Crippen MR) is 53.9 cm³/mol. The average Bonchev–Trinajstić information content (AvgIpc) is 2.68. The molecule has 0 aliphatic carbocycles. The smallest absolute Gasteiger partial charge is 0.181 e. The number of hydrogen-bond acceptors (Lipinski definition) is 3. The monoisotopic (exact) mass is 208 g/mol. The molecule has 0 aliphatic heterocycles. The van der Waals surface area contributed by atoms with Gasteiger partial charge in [0, 0.05) is 18.0 Å². The number of aromatic amines is 1. The molecule has 1 unspecified atom stereocenters. The molecule has 0 radical (unpaired) electrons. The highest BCUT2D eigenvalue weighted by atomic mass is 35.5. The third kappa shape index (κ3) is 1.75. The summed E-state index contributed by atoms with van der Waals surface area (Å²) in [5.74, 6) is 1.33. The van der Waals surface area contributed by atoms with Crippen molar-refractivity contribution in [3.63, 3.8) is 0 Å². The maximum absolute atomic E-state index is 5.86. The molecule has 1 N–H and O–H groups in total. The summed E-state index contributed by atoms with van der Waals surface area (Å²) in [7, 11) is 0. The van der Waals surface area contributed by atoms with E-state index in [4.69, 9.17) is 11.6 Å². The van der Waals surface area contributed by atoms with E-state index in [1.54, 1.807) is 12.4 Å². The molecule has 2 aromatic heterocycles. The molecule has 0 saturated carbocycles. The molecule has 0 spiro atoms. The first-order valence-corrected chi connectivity index (χ1v) is 4.68. The van der Waals surface area contributed by atoms with Crippen molar-refractivity contribution in [2.45, 2.75) is 12.3 Å². The second-order valence-electron chi connectivity index (χ2n) is 2.90. The van der Waals surface area contributed by atoms with Crippen LogP contribution in [0, 0.1) is 0 Å². The first-order chi connectivity index (χ1) is 6.77. The van der Waals surface area contributed by atoms with Gasteiger partial charge >= 0.3 is 0 Å². The maximum Gasteiger partial charge on any atom is 0.181 e. The van der Waals surface area contributed by atoms with Crippen molar-refractivity contribution in [3.8, 4) is 11.4 Å². The standard InChI is InChI=1S/C9H9ClN4/c1-6(10)8-12-9(14-13-8)7-2-4-11-5-3-7/h2-6H,1H3,(H,12,13,14). The highest BCUT2D eigenvalue weighted by Crippen LogP contribution is 2.18. The number of nitrogens with one attached hydrogen (secondary N) is 1. The van der Waals surface area contributed by atoms with E-state index in [1.807, 2.05) is 19.1 Å². The zero-order valence-corrected chi connectivity index (χ0v) is 8.36. The predicted octanol–water partition coefficient (Wildman–Crippen LogP) is 2.17. The van der Waals surface area contributed by atoms with Gasteiger partial charge in [-0.1, -0.05) is 0 Å². The Morgan fingerprint density at radius 2 is 2.07 bits per heavy atom. The summed E-state index contributed by atoms with van der Waals surface area (Å²) >= 11 is 5.86. The van der Waals surface area contributed by atoms with E-state index in [9.17, 15) is 0 Å². The number of alkyl halides is 1. The number of hydrogen-bond donors (Lipinski definition) is 1. The topological polar surface area (TPSA) is 54.5 Å². The molecule has 0 amide bonds. The summed E-state index contributed by atoms with van der Waals surface area (Å²) in [5, 5.41) is 6.70. The second-order valence-corrected chi connectivity index (χ2v) is 3.55. The lowest BCUT2D eigenvalue weighted by Gasteiger charge is -1.93. The first kappa shape index (κ1) is 9.15. The SMILES string of the molecule is CC(Cl)c1nc(-c2ccncc2)n[nH]1. The maximum atomic E-state index is 5.86. The Balaban J connectivity index is 2.34. The van der Waals surface area contributed by atoms with Gasteiger partial charge in [0.15, 0.2) is 5.82 Å². The third-order valence-corrected chi connectivity index (χ3v) is 2.02. The fraction of sp³-hybridized carbons (Fsp3) is 0.222. The molecule has 0 saturated heterocycles. The van der Waals surface area contributed by atoms with Gasteiger partial charge in [-0.15, -0.1) is 11.6 Å². The van der Waals surface area contributed by atoms with Crippen LogP contribution in [0.3, 0.4) is 0 Å². The van der Waals surface area contributed by atoms with E-state index in [0.717, 1.165) is 5.56 Å². The van der Waals surface area contributed by atoms with E-state index in [0.29, 0.717) is 11.6 Å². The Bertz CT molecular complexity index is 410. The molecular weight excluding hydrogens is 200 g/mol. The van der Waals surface area contributed by atoms with Crippen LogP contribution in [0.25, 0.3) is 11.4 Å². The van der Waals surface area contributed by atoms with Gasteiger partial charge in [-0.2, -0.15) is 5.10 Å². The van der Waals surface area contributed by atoms with Crippen molar-refractivity contribution in [1.29, 1.82) is 0 Å². The molecule has 2 heterocycles. The summed E-state index contributed by atoms with van der Waals surface area (Å²) < 4.78 is 0. The summed E-state index contributed by atoms with van der Waals surface area (Å²) in [6, 6.07) is 3.71. The van der Waals surface area contributed by atoms with Gasteiger partial charge in [0.1, 0.15) is 5.82 Å². The molecular formula is C9H9ClN4. The minimum Gasteiger partial charge on any atom is -0.265 e. The number of halogens is 1. The van der Waals surface area contributed by atoms with Crippen LogP contribution in [0.2, 0.25) is 0 Å². The highest BCUT2D eigenvalue weighted by Gasteiger charge is 2.08. The molecule has 0 aliphatic rings. The fourth-order valence-corrected chi connectivity index (χ4v) is 1.18. The number of rotatable bonds is 2. The summed E-state index contributed by atoms with van der Waals surface area (Å²) in [4.78, 5) is 8.17. The molecule has 0 aromatic carbocycles. The Hall–Kier alpha value is -1.42. The van der Waals surface area contributed by atoms with Crippen LogP contribution in [-0.4, -0.2) is 20.2 Å². The van der Waals surface area contributed by atoms with Gasteiger partial charge in [0.05, 0.1) is 5.38 Å². The third-order valence-electron chi connectivity index (χ3n) is 1.82. The van der Waals surface area contributed by atoms with Gasteiger partial charge in [-0.3, -0.25) is 10.1 Å². The molecule has 0 bridgehead atoms. The Kier molecular flexibility index (Phi) is 2.45. The zero-order chi connectivity index (χ0) is 9.97. The van der Waals surface area contributed by atoms with Crippen LogP contribution < -0.4 is 0 Å². The van der Waals surface area contributed by atoms with E-state index in [2.05, 4.69) is 20.2 Å². The number of H-pyrrole nitrogens is 1. The first-order valence-electron chi connectivity index (χ1n) is 4.24. The minimum atomic E-state index is -0.155. The van der Waals surface area contributed by atoms with Crippen LogP contribution in [0.15, 0.2) is 24.5 Å². The Morgan fingerprint density at radius 3 is 2.64 bits per heavy atom. The van der Waals surface area contributed by atoms with Crippen LogP contribution in [0.1, 0.15) is 18.1 Å². The van der Waals surface area contributed by atoms with Gasteiger partial charge in [0.2, 0.25) is 0 Å². The molecule has 4 nitrogen and oxygen atoms in total. The minimum absolute atomic E-state index is 0.155. The van der Waals surface area contributed by atoms with Crippen LogP contribution >= 0.6 is 11.6 Å². The van der Waals surface area contributed by atoms with Crippen LogP contribution in [0.5, 0.6) is 0 Å². The van der Waals surface area contributed by atoms with Crippen molar-refractivity contribution in [1.82, 2.24) is 20.2 Å². The molecule has 5 heteroatoms. The Labute approximate surface area is 86.4 Å². The zero-order valence-electron chi connectivity index (χ0n) is 7.61. The van der Waals surface area contributed by atoms with Crippen molar-refractivity contribution >= 4 is 11.6 Å². The molecule has 0 fully saturated rings. The number of aromatic nitrogens is 4. The van der Waals surface area contributed by atoms with E-state index < -0.39 is 0 Å². The van der Waals surface area contributed by atoms with Gasteiger partial charge < -0.3 is 0 Å². The van der Waals surface area contributed by atoms with Crippen LogP contribution in [-0.2, 0) is 0 Å². The fourth-order valence-electron chi connectivity index (χ4n) is 1.08. The lowest BCUT2D eigenvalue weighted by molar-refractivity contribution is 0.918.